The Labute approximate surface area is 85.8 Å². The third kappa shape index (κ3) is 2.33. The minimum atomic E-state index is 0.481. The summed E-state index contributed by atoms with van der Waals surface area (Å²) >= 11 is 3.39. The minimum Gasteiger partial charge on any atom is -0.398 e. The van der Waals surface area contributed by atoms with Gasteiger partial charge < -0.3 is 5.73 Å². The third-order valence-corrected chi connectivity index (χ3v) is 2.31. The van der Waals surface area contributed by atoms with Crippen LogP contribution >= 0.6 is 15.9 Å². The summed E-state index contributed by atoms with van der Waals surface area (Å²) in [5.41, 5.74) is 8.15. The van der Waals surface area contributed by atoms with Gasteiger partial charge in [-0.25, -0.2) is 0 Å². The average Bonchev–Trinajstić information content (AvgIpc) is 2.04. The summed E-state index contributed by atoms with van der Waals surface area (Å²) in [6, 6.07) is 7.71. The number of allylic oxidation sites excluding steroid dienone is 1. The Kier molecular flexibility index (Phi) is 3.10. The lowest BCUT2D eigenvalue weighted by Crippen LogP contribution is -1.96. The number of halogens is 1. The number of benzene rings is 1. The van der Waals surface area contributed by atoms with Crippen LogP contribution in [-0.4, -0.2) is 0 Å². The first-order valence-corrected chi connectivity index (χ1v) is 4.56. The molecular formula is C10H9BrN2. The van der Waals surface area contributed by atoms with E-state index in [1.807, 2.05) is 31.2 Å². The smallest absolute Gasteiger partial charge is 0.0933 e. The Balaban J connectivity index is 3.18. The van der Waals surface area contributed by atoms with Crippen molar-refractivity contribution in [3.05, 3.63) is 39.9 Å². The number of hydrogen-bond acceptors (Lipinski definition) is 2. The number of nitriles is 1. The quantitative estimate of drug-likeness (QED) is 0.763. The molecule has 0 aliphatic heterocycles. The second kappa shape index (κ2) is 4.11. The van der Waals surface area contributed by atoms with Crippen LogP contribution in [0.1, 0.15) is 11.1 Å². The van der Waals surface area contributed by atoms with Gasteiger partial charge in [0.2, 0.25) is 0 Å². The van der Waals surface area contributed by atoms with Gasteiger partial charge in [-0.1, -0.05) is 28.1 Å². The normalized spacial score (nSPS) is 11.0. The van der Waals surface area contributed by atoms with E-state index < -0.39 is 0 Å². The number of rotatable bonds is 1. The molecule has 0 heterocycles. The van der Waals surface area contributed by atoms with Crippen molar-refractivity contribution in [2.24, 2.45) is 5.73 Å². The van der Waals surface area contributed by atoms with Crippen molar-refractivity contribution in [3.63, 3.8) is 0 Å². The molecule has 66 valence electrons. The van der Waals surface area contributed by atoms with Crippen LogP contribution in [0.15, 0.2) is 28.7 Å². The maximum atomic E-state index is 8.42. The van der Waals surface area contributed by atoms with Gasteiger partial charge >= 0.3 is 0 Å². The summed E-state index contributed by atoms with van der Waals surface area (Å²) in [5.74, 6) is 0. The molecule has 0 amide bonds. The van der Waals surface area contributed by atoms with Crippen LogP contribution in [-0.2, 0) is 0 Å². The Morgan fingerprint density at radius 1 is 1.62 bits per heavy atom. The number of hydrogen-bond donors (Lipinski definition) is 1. The van der Waals surface area contributed by atoms with Gasteiger partial charge in [0, 0.05) is 16.1 Å². The molecule has 0 aromatic heterocycles. The first-order valence-electron chi connectivity index (χ1n) is 3.77. The highest BCUT2D eigenvalue weighted by Crippen LogP contribution is 2.22. The molecule has 13 heavy (non-hydrogen) atoms. The van der Waals surface area contributed by atoms with Gasteiger partial charge in [0.1, 0.15) is 0 Å². The Morgan fingerprint density at radius 2 is 2.31 bits per heavy atom. The summed E-state index contributed by atoms with van der Waals surface area (Å²) in [4.78, 5) is 0. The molecule has 0 aliphatic rings. The average molecular weight is 237 g/mol. The van der Waals surface area contributed by atoms with Crippen LogP contribution in [0.25, 0.3) is 5.70 Å². The third-order valence-electron chi connectivity index (χ3n) is 1.66. The van der Waals surface area contributed by atoms with E-state index in [9.17, 15) is 0 Å². The van der Waals surface area contributed by atoms with E-state index in [0.717, 1.165) is 15.6 Å². The van der Waals surface area contributed by atoms with Crippen LogP contribution < -0.4 is 5.73 Å². The summed E-state index contributed by atoms with van der Waals surface area (Å²) < 4.78 is 0.913. The van der Waals surface area contributed by atoms with Crippen LogP contribution in [0.3, 0.4) is 0 Å². The van der Waals surface area contributed by atoms with Crippen molar-refractivity contribution >= 4 is 21.6 Å². The first kappa shape index (κ1) is 9.82. The summed E-state index contributed by atoms with van der Waals surface area (Å²) in [6.45, 7) is 2.00. The molecule has 0 fully saturated rings. The van der Waals surface area contributed by atoms with Crippen LogP contribution in [0, 0.1) is 18.3 Å². The summed E-state index contributed by atoms with van der Waals surface area (Å²) in [6.07, 6.45) is 1.33. The molecule has 0 aliphatic carbocycles. The van der Waals surface area contributed by atoms with E-state index in [-0.39, 0.29) is 0 Å². The van der Waals surface area contributed by atoms with Gasteiger partial charge in [-0.3, -0.25) is 0 Å². The van der Waals surface area contributed by atoms with E-state index in [2.05, 4.69) is 15.9 Å². The van der Waals surface area contributed by atoms with Crippen molar-refractivity contribution in [2.45, 2.75) is 6.92 Å². The highest BCUT2D eigenvalue weighted by Gasteiger charge is 2.01. The maximum absolute atomic E-state index is 8.42. The highest BCUT2D eigenvalue weighted by atomic mass is 79.9. The second-order valence-electron chi connectivity index (χ2n) is 2.71. The highest BCUT2D eigenvalue weighted by molar-refractivity contribution is 9.10. The summed E-state index contributed by atoms with van der Waals surface area (Å²) in [7, 11) is 0. The van der Waals surface area contributed by atoms with Crippen molar-refractivity contribution in [3.8, 4) is 6.07 Å². The molecule has 1 aromatic carbocycles. The van der Waals surface area contributed by atoms with Gasteiger partial charge in [-0.05, 0) is 18.6 Å². The van der Waals surface area contributed by atoms with Crippen LogP contribution in [0.4, 0.5) is 0 Å². The van der Waals surface area contributed by atoms with Crippen molar-refractivity contribution in [1.29, 1.82) is 5.26 Å². The van der Waals surface area contributed by atoms with Crippen molar-refractivity contribution in [1.82, 2.24) is 0 Å². The number of nitrogens with two attached hydrogens (primary N) is 1. The lowest BCUT2D eigenvalue weighted by Gasteiger charge is -2.03. The molecule has 3 heteroatoms. The molecule has 1 rings (SSSR count). The van der Waals surface area contributed by atoms with E-state index in [4.69, 9.17) is 11.0 Å². The van der Waals surface area contributed by atoms with E-state index in [0.29, 0.717) is 5.70 Å². The Bertz CT molecular complexity index is 388. The first-order chi connectivity index (χ1) is 6.15. The maximum Gasteiger partial charge on any atom is 0.0933 e. The lowest BCUT2D eigenvalue weighted by atomic mass is 10.1. The van der Waals surface area contributed by atoms with Gasteiger partial charge in [0.05, 0.1) is 11.8 Å². The van der Waals surface area contributed by atoms with Crippen LogP contribution in [0.2, 0.25) is 0 Å². The fourth-order valence-electron chi connectivity index (χ4n) is 1.00. The Hall–Kier alpha value is -1.27. The fraction of sp³-hybridized carbons (Fsp3) is 0.100. The molecule has 2 N–H and O–H groups in total. The monoisotopic (exact) mass is 236 g/mol. The predicted molar refractivity (Wildman–Crippen MR) is 56.7 cm³/mol. The van der Waals surface area contributed by atoms with Gasteiger partial charge in [0.15, 0.2) is 0 Å². The molecule has 2 nitrogen and oxygen atoms in total. The molecule has 0 spiro atoms. The molecule has 0 bridgehead atoms. The second-order valence-corrected chi connectivity index (χ2v) is 3.57. The van der Waals surface area contributed by atoms with E-state index in [1.165, 1.54) is 6.08 Å². The van der Waals surface area contributed by atoms with E-state index in [1.54, 1.807) is 0 Å². The number of nitrogens with zero attached hydrogens (tertiary/aromatic N) is 1. The standard InChI is InChI=1S/C10H9BrN2/c1-7-2-3-8(9(11)6-7)10(13)4-5-12/h2-4,6H,13H2,1H3/b10-4-. The lowest BCUT2D eigenvalue weighted by molar-refractivity contribution is 1.40. The molecule has 1 aromatic rings. The molecular weight excluding hydrogens is 228 g/mol. The summed E-state index contributed by atoms with van der Waals surface area (Å²) in [5, 5.41) is 8.42. The van der Waals surface area contributed by atoms with Gasteiger partial charge in [-0.15, -0.1) is 0 Å². The molecule has 0 saturated heterocycles. The van der Waals surface area contributed by atoms with E-state index >= 15 is 0 Å². The zero-order valence-electron chi connectivity index (χ0n) is 7.21. The van der Waals surface area contributed by atoms with Gasteiger partial charge in [-0.2, -0.15) is 5.26 Å². The van der Waals surface area contributed by atoms with Crippen LogP contribution in [0.5, 0.6) is 0 Å². The van der Waals surface area contributed by atoms with Crippen molar-refractivity contribution < 1.29 is 0 Å². The minimum absolute atomic E-state index is 0.481. The Morgan fingerprint density at radius 3 is 2.85 bits per heavy atom. The zero-order valence-corrected chi connectivity index (χ0v) is 8.80. The predicted octanol–water partition coefficient (Wildman–Crippen LogP) is 2.58. The van der Waals surface area contributed by atoms with Crippen molar-refractivity contribution in [2.75, 3.05) is 0 Å². The topological polar surface area (TPSA) is 49.8 Å². The fourth-order valence-corrected chi connectivity index (χ4v) is 1.72. The number of aryl methyl sites for hydroxylation is 1. The molecule has 0 unspecified atom stereocenters. The van der Waals surface area contributed by atoms with Gasteiger partial charge in [0.25, 0.3) is 0 Å². The molecule has 0 saturated carbocycles. The SMILES string of the molecule is Cc1ccc(/C(N)=C/C#N)c(Br)c1. The molecule has 0 atom stereocenters. The molecule has 0 radical (unpaired) electrons. The zero-order chi connectivity index (χ0) is 9.84. The largest absolute Gasteiger partial charge is 0.398 e.